The summed E-state index contributed by atoms with van der Waals surface area (Å²) >= 11 is 0. The zero-order valence-corrected chi connectivity index (χ0v) is 39.3. The second-order valence-corrected chi connectivity index (χ2v) is 19.2. The van der Waals surface area contributed by atoms with Crippen LogP contribution >= 0.6 is 0 Å². The van der Waals surface area contributed by atoms with Gasteiger partial charge in [0.05, 0.1) is 22.4 Å². The van der Waals surface area contributed by atoms with Crippen molar-refractivity contribution >= 4 is 86.4 Å². The topological polar surface area (TPSA) is 9.86 Å². The Kier molecular flexibility index (Phi) is 8.99. The first-order chi connectivity index (χ1) is 35.7. The highest BCUT2D eigenvalue weighted by atomic mass is 15.0. The van der Waals surface area contributed by atoms with Crippen molar-refractivity contribution in [2.45, 2.75) is 0 Å². The van der Waals surface area contributed by atoms with E-state index in [2.05, 4.69) is 276 Å². The van der Waals surface area contributed by atoms with Gasteiger partial charge in [0.2, 0.25) is 0 Å². The van der Waals surface area contributed by atoms with Crippen LogP contribution in [0.1, 0.15) is 0 Å². The molecule has 0 saturated heterocycles. The maximum atomic E-state index is 2.55. The maximum absolute atomic E-state index is 2.55. The number of hydrogen-bond acceptors (Lipinski definition) is 0. The van der Waals surface area contributed by atoms with Crippen LogP contribution in [-0.2, 0) is 0 Å². The molecule has 2 nitrogen and oxygen atoms in total. The normalized spacial score (nSPS) is 11.9. The number of nitrogens with zero attached hydrogens (tertiary/aromatic N) is 2. The molecule has 13 aromatic carbocycles. The zero-order valence-electron chi connectivity index (χ0n) is 39.3. The first-order valence-corrected chi connectivity index (χ1v) is 24.9. The SMILES string of the molecule is c1ccc(-c2c(-c3ccccc3)n(-c3ccc4cc5ccccc5cc4c3)c3c2ccc2c4ccc5c(-c6ccccc6)c(-c6ccccc6)n(-c6ccc7cc8ccccc8cc7c6)c5c4ccc23)cc1. The molecule has 0 fully saturated rings. The van der Waals surface area contributed by atoms with E-state index in [0.717, 1.165) is 11.4 Å². The molecule has 0 aliphatic rings. The van der Waals surface area contributed by atoms with Crippen LogP contribution in [0.25, 0.3) is 143 Å². The van der Waals surface area contributed by atoms with Crippen molar-refractivity contribution in [3.05, 3.63) is 267 Å². The van der Waals surface area contributed by atoms with Crippen molar-refractivity contribution in [1.82, 2.24) is 9.13 Å². The van der Waals surface area contributed by atoms with E-state index in [9.17, 15) is 0 Å². The molecule has 72 heavy (non-hydrogen) atoms. The predicted octanol–water partition coefficient (Wildman–Crippen LogP) is 19.2. The Morgan fingerprint density at radius 3 is 0.861 bits per heavy atom. The zero-order chi connectivity index (χ0) is 47.3. The van der Waals surface area contributed by atoms with Gasteiger partial charge < -0.3 is 9.13 Å². The molecule has 15 aromatic rings. The molecule has 0 radical (unpaired) electrons. The van der Waals surface area contributed by atoms with Gasteiger partial charge in [0.25, 0.3) is 0 Å². The number of aromatic nitrogens is 2. The second kappa shape index (κ2) is 16.0. The van der Waals surface area contributed by atoms with E-state index >= 15 is 0 Å². The summed E-state index contributed by atoms with van der Waals surface area (Å²) in [7, 11) is 0. The highest BCUT2D eigenvalue weighted by molar-refractivity contribution is 6.26. The minimum Gasteiger partial charge on any atom is -0.308 e. The van der Waals surface area contributed by atoms with Gasteiger partial charge in [-0.1, -0.05) is 218 Å². The predicted molar refractivity (Wildman–Crippen MR) is 307 cm³/mol. The number of hydrogen-bond donors (Lipinski definition) is 0. The van der Waals surface area contributed by atoms with Crippen molar-refractivity contribution < 1.29 is 0 Å². The van der Waals surface area contributed by atoms with E-state index in [-0.39, 0.29) is 0 Å². The molecule has 0 bridgehead atoms. The molecule has 0 aliphatic carbocycles. The van der Waals surface area contributed by atoms with Crippen LogP contribution in [0.3, 0.4) is 0 Å². The molecule has 2 heterocycles. The fourth-order valence-electron chi connectivity index (χ4n) is 12.0. The standard InChI is InChI=1S/C70H44N2/c1-5-17-45(18-6-1)65-63-37-33-59-60-34-38-64-66(46-19-7-2-8-20-46)68(48-23-11-4-12-24-48)72(58-32-30-54-40-50-26-14-16-28-52(50)42-56(54)44-58)70(64)62(60)36-35-61(59)69(63)71(67(65)47-21-9-3-10-22-47)57-31-29-53-39-49-25-13-15-27-51(49)41-55(53)43-57/h1-44H. The first kappa shape index (κ1) is 40.4. The van der Waals surface area contributed by atoms with Gasteiger partial charge in [0, 0.05) is 44.0 Å². The lowest BCUT2D eigenvalue weighted by Crippen LogP contribution is -1.99. The summed E-state index contributed by atoms with van der Waals surface area (Å²) in [6, 6.07) is 98.9. The van der Waals surface area contributed by atoms with Crippen molar-refractivity contribution in [3.63, 3.8) is 0 Å². The van der Waals surface area contributed by atoms with Gasteiger partial charge in [0.1, 0.15) is 0 Å². The Balaban J connectivity index is 1.08. The lowest BCUT2D eigenvalue weighted by atomic mass is 9.94. The van der Waals surface area contributed by atoms with E-state index in [1.165, 1.54) is 131 Å². The molecule has 0 atom stereocenters. The molecule has 0 aliphatic heterocycles. The molecule has 0 spiro atoms. The molecular formula is C70H44N2. The fraction of sp³-hybridized carbons (Fsp3) is 0. The number of fused-ring (bicyclic) bond motifs is 11. The molecule has 0 saturated carbocycles. The molecule has 0 amide bonds. The third kappa shape index (κ3) is 6.22. The van der Waals surface area contributed by atoms with E-state index in [0.29, 0.717) is 0 Å². The summed E-state index contributed by atoms with van der Waals surface area (Å²) in [5, 5.41) is 17.1. The van der Waals surface area contributed by atoms with E-state index in [1.807, 2.05) is 0 Å². The summed E-state index contributed by atoms with van der Waals surface area (Å²) < 4.78 is 5.10. The highest BCUT2D eigenvalue weighted by Gasteiger charge is 2.27. The number of benzene rings is 13. The summed E-state index contributed by atoms with van der Waals surface area (Å²) in [5.41, 5.74) is 14.2. The molecule has 334 valence electrons. The van der Waals surface area contributed by atoms with Crippen molar-refractivity contribution in [3.8, 4) is 56.1 Å². The van der Waals surface area contributed by atoms with Crippen LogP contribution in [0.15, 0.2) is 267 Å². The van der Waals surface area contributed by atoms with Crippen LogP contribution in [-0.4, -0.2) is 9.13 Å². The maximum Gasteiger partial charge on any atom is 0.0620 e. The minimum atomic E-state index is 1.13. The van der Waals surface area contributed by atoms with Gasteiger partial charge in [-0.2, -0.15) is 0 Å². The Labute approximate surface area is 416 Å². The Morgan fingerprint density at radius 2 is 0.486 bits per heavy atom. The number of rotatable bonds is 6. The third-order valence-electron chi connectivity index (χ3n) is 15.2. The van der Waals surface area contributed by atoms with Crippen LogP contribution in [0.5, 0.6) is 0 Å². The van der Waals surface area contributed by atoms with Crippen molar-refractivity contribution in [2.24, 2.45) is 0 Å². The molecule has 2 heteroatoms. The van der Waals surface area contributed by atoms with Gasteiger partial charge in [-0.15, -0.1) is 0 Å². The Bertz CT molecular complexity index is 4340. The lowest BCUT2D eigenvalue weighted by molar-refractivity contribution is 1.14. The van der Waals surface area contributed by atoms with Crippen LogP contribution in [0, 0.1) is 0 Å². The molecule has 2 aromatic heterocycles. The molecular weight excluding hydrogens is 869 g/mol. The van der Waals surface area contributed by atoms with Crippen LogP contribution in [0.2, 0.25) is 0 Å². The highest BCUT2D eigenvalue weighted by Crippen LogP contribution is 2.49. The summed E-state index contributed by atoms with van der Waals surface area (Å²) in [5.74, 6) is 0. The van der Waals surface area contributed by atoms with E-state index in [4.69, 9.17) is 0 Å². The molecule has 15 rings (SSSR count). The largest absolute Gasteiger partial charge is 0.308 e. The van der Waals surface area contributed by atoms with Crippen LogP contribution in [0.4, 0.5) is 0 Å². The second-order valence-electron chi connectivity index (χ2n) is 19.2. The van der Waals surface area contributed by atoms with Gasteiger partial charge in [-0.3, -0.25) is 0 Å². The van der Waals surface area contributed by atoms with Gasteiger partial charge >= 0.3 is 0 Å². The quantitative estimate of drug-likeness (QED) is 0.116. The molecule has 0 N–H and O–H groups in total. The average molecular weight is 913 g/mol. The first-order valence-electron chi connectivity index (χ1n) is 24.9. The lowest BCUT2D eigenvalue weighted by Gasteiger charge is -2.16. The fourth-order valence-corrected chi connectivity index (χ4v) is 12.0. The van der Waals surface area contributed by atoms with Crippen molar-refractivity contribution in [1.29, 1.82) is 0 Å². The van der Waals surface area contributed by atoms with Gasteiger partial charge in [-0.25, -0.2) is 0 Å². The monoisotopic (exact) mass is 912 g/mol. The van der Waals surface area contributed by atoms with Crippen LogP contribution < -0.4 is 0 Å². The van der Waals surface area contributed by atoms with E-state index < -0.39 is 0 Å². The summed E-state index contributed by atoms with van der Waals surface area (Å²) in [6.07, 6.45) is 0. The minimum absolute atomic E-state index is 1.13. The summed E-state index contributed by atoms with van der Waals surface area (Å²) in [6.45, 7) is 0. The van der Waals surface area contributed by atoms with Gasteiger partial charge in [-0.05, 0) is 125 Å². The third-order valence-corrected chi connectivity index (χ3v) is 15.2. The Morgan fingerprint density at radius 1 is 0.194 bits per heavy atom. The van der Waals surface area contributed by atoms with Crippen molar-refractivity contribution in [2.75, 3.05) is 0 Å². The average Bonchev–Trinajstić information content (AvgIpc) is 3.99. The van der Waals surface area contributed by atoms with E-state index in [1.54, 1.807) is 0 Å². The summed E-state index contributed by atoms with van der Waals surface area (Å²) in [4.78, 5) is 0. The van der Waals surface area contributed by atoms with Gasteiger partial charge in [0.15, 0.2) is 0 Å². The smallest absolute Gasteiger partial charge is 0.0620 e. The Hall–Kier alpha value is -9.50. The molecule has 0 unspecified atom stereocenters.